The first kappa shape index (κ1) is 17.8. The second-order valence-corrected chi connectivity index (χ2v) is 5.62. The molecule has 0 aliphatic carbocycles. The van der Waals surface area contributed by atoms with Crippen LogP contribution in [0.1, 0.15) is 12.5 Å². The van der Waals surface area contributed by atoms with Crippen LogP contribution in [0, 0.1) is 0 Å². The second-order valence-electron chi connectivity index (χ2n) is 5.62. The molecule has 1 amide bonds. The lowest BCUT2D eigenvalue weighted by molar-refractivity contribution is -0.133. The zero-order chi connectivity index (χ0) is 17.4. The molecule has 2 rings (SSSR count). The minimum atomic E-state index is -0.0997. The Labute approximate surface area is 143 Å². The summed E-state index contributed by atoms with van der Waals surface area (Å²) in [6.45, 7) is 2.83. The summed E-state index contributed by atoms with van der Waals surface area (Å²) >= 11 is 0. The molecule has 24 heavy (non-hydrogen) atoms. The smallest absolute Gasteiger partial charge is 0.260 e. The van der Waals surface area contributed by atoms with Gasteiger partial charge in [0.1, 0.15) is 18.1 Å². The predicted octanol–water partition coefficient (Wildman–Crippen LogP) is 2.45. The first-order chi connectivity index (χ1) is 11.6. The molecule has 0 heterocycles. The lowest BCUT2D eigenvalue weighted by Gasteiger charge is -2.23. The molecular formula is C19H24N2O3. The van der Waals surface area contributed by atoms with Crippen LogP contribution in [0.15, 0.2) is 54.6 Å². The van der Waals surface area contributed by atoms with Crippen molar-refractivity contribution in [3.63, 3.8) is 0 Å². The summed E-state index contributed by atoms with van der Waals surface area (Å²) in [4.78, 5) is 13.6. The van der Waals surface area contributed by atoms with Gasteiger partial charge in [-0.3, -0.25) is 4.79 Å². The highest BCUT2D eigenvalue weighted by Gasteiger charge is 2.14. The van der Waals surface area contributed by atoms with Gasteiger partial charge >= 0.3 is 0 Å². The number of hydrogen-bond donors (Lipinski definition) is 1. The Morgan fingerprint density at radius 2 is 1.62 bits per heavy atom. The van der Waals surface area contributed by atoms with Crippen LogP contribution in [0.3, 0.4) is 0 Å². The van der Waals surface area contributed by atoms with E-state index in [1.165, 1.54) is 0 Å². The van der Waals surface area contributed by atoms with Crippen molar-refractivity contribution in [2.24, 2.45) is 5.73 Å². The summed E-state index contributed by atoms with van der Waals surface area (Å²) in [5.41, 5.74) is 6.67. The first-order valence-electron chi connectivity index (χ1n) is 7.95. The number of benzene rings is 2. The van der Waals surface area contributed by atoms with Gasteiger partial charge in [-0.15, -0.1) is 0 Å². The van der Waals surface area contributed by atoms with E-state index in [0.29, 0.717) is 18.9 Å². The fourth-order valence-corrected chi connectivity index (χ4v) is 2.02. The van der Waals surface area contributed by atoms with Gasteiger partial charge in [0, 0.05) is 19.6 Å². The molecule has 0 saturated heterocycles. The summed E-state index contributed by atoms with van der Waals surface area (Å²) < 4.78 is 11.2. The molecule has 2 aromatic rings. The van der Waals surface area contributed by atoms with E-state index in [4.69, 9.17) is 15.2 Å². The van der Waals surface area contributed by atoms with Gasteiger partial charge in [0.05, 0.1) is 0 Å². The molecule has 2 N–H and O–H groups in total. The third kappa shape index (κ3) is 5.28. The topological polar surface area (TPSA) is 64.8 Å². The summed E-state index contributed by atoms with van der Waals surface area (Å²) in [6, 6.07) is 17.2. The van der Waals surface area contributed by atoms with E-state index in [-0.39, 0.29) is 18.6 Å². The highest BCUT2D eigenvalue weighted by Crippen LogP contribution is 2.18. The molecule has 2 aromatic carbocycles. The highest BCUT2D eigenvalue weighted by molar-refractivity contribution is 5.77. The number of ether oxygens (including phenoxy) is 2. The molecule has 0 aliphatic heterocycles. The lowest BCUT2D eigenvalue weighted by Crippen LogP contribution is -2.42. The zero-order valence-electron chi connectivity index (χ0n) is 14.1. The predicted molar refractivity (Wildman–Crippen MR) is 94.0 cm³/mol. The van der Waals surface area contributed by atoms with Crippen molar-refractivity contribution in [1.82, 2.24) is 4.90 Å². The molecule has 1 unspecified atom stereocenters. The van der Waals surface area contributed by atoms with Crippen LogP contribution < -0.4 is 15.2 Å². The normalized spacial score (nSPS) is 11.6. The van der Waals surface area contributed by atoms with Crippen molar-refractivity contribution in [2.45, 2.75) is 19.6 Å². The second kappa shape index (κ2) is 8.93. The molecule has 0 aromatic heterocycles. The van der Waals surface area contributed by atoms with Crippen molar-refractivity contribution in [1.29, 1.82) is 0 Å². The van der Waals surface area contributed by atoms with E-state index in [1.54, 1.807) is 24.1 Å². The Morgan fingerprint density at radius 1 is 1.04 bits per heavy atom. The average Bonchev–Trinajstić information content (AvgIpc) is 2.64. The lowest BCUT2D eigenvalue weighted by atomic mass is 10.2. The van der Waals surface area contributed by atoms with Crippen LogP contribution in [0.25, 0.3) is 0 Å². The number of nitrogens with zero attached hydrogens (tertiary/aromatic N) is 1. The fraction of sp³-hybridized carbons (Fsp3) is 0.316. The molecule has 1 atom stereocenters. The number of rotatable bonds is 8. The van der Waals surface area contributed by atoms with Crippen LogP contribution in [0.4, 0.5) is 0 Å². The van der Waals surface area contributed by atoms with E-state index < -0.39 is 0 Å². The molecule has 0 saturated carbocycles. The molecular weight excluding hydrogens is 304 g/mol. The van der Waals surface area contributed by atoms with Gasteiger partial charge in [0.2, 0.25) is 0 Å². The van der Waals surface area contributed by atoms with E-state index in [2.05, 4.69) is 0 Å². The van der Waals surface area contributed by atoms with Gasteiger partial charge in [0.15, 0.2) is 6.61 Å². The molecule has 0 aliphatic rings. The SMILES string of the molecule is CC(CN)N(C)C(=O)COc1ccc(OCc2ccccc2)cc1. The monoisotopic (exact) mass is 328 g/mol. The Bertz CT molecular complexity index is 629. The minimum Gasteiger partial charge on any atom is -0.489 e. The number of nitrogens with two attached hydrogens (primary N) is 1. The number of carbonyl (C=O) groups excluding carboxylic acids is 1. The Balaban J connectivity index is 1.80. The van der Waals surface area contributed by atoms with Crippen LogP contribution >= 0.6 is 0 Å². The summed E-state index contributed by atoms with van der Waals surface area (Å²) in [6.07, 6.45) is 0. The van der Waals surface area contributed by atoms with Gasteiger partial charge in [-0.1, -0.05) is 30.3 Å². The summed E-state index contributed by atoms with van der Waals surface area (Å²) in [5.74, 6) is 1.29. The first-order valence-corrected chi connectivity index (χ1v) is 7.95. The maximum atomic E-state index is 12.0. The maximum absolute atomic E-state index is 12.0. The highest BCUT2D eigenvalue weighted by atomic mass is 16.5. The van der Waals surface area contributed by atoms with Crippen molar-refractivity contribution < 1.29 is 14.3 Å². The van der Waals surface area contributed by atoms with Crippen molar-refractivity contribution in [2.75, 3.05) is 20.2 Å². The number of carbonyl (C=O) groups is 1. The fourth-order valence-electron chi connectivity index (χ4n) is 2.02. The molecule has 5 heteroatoms. The van der Waals surface area contributed by atoms with Crippen LogP contribution in [0.2, 0.25) is 0 Å². The van der Waals surface area contributed by atoms with E-state index in [9.17, 15) is 4.79 Å². The number of amides is 1. The third-order valence-corrected chi connectivity index (χ3v) is 3.83. The van der Waals surface area contributed by atoms with Gasteiger partial charge in [-0.25, -0.2) is 0 Å². The zero-order valence-corrected chi connectivity index (χ0v) is 14.1. The molecule has 0 spiro atoms. The van der Waals surface area contributed by atoms with Crippen molar-refractivity contribution in [3.8, 4) is 11.5 Å². The van der Waals surface area contributed by atoms with E-state index in [1.807, 2.05) is 49.4 Å². The van der Waals surface area contributed by atoms with Gasteiger partial charge < -0.3 is 20.1 Å². The van der Waals surface area contributed by atoms with E-state index in [0.717, 1.165) is 11.3 Å². The third-order valence-electron chi connectivity index (χ3n) is 3.83. The number of likely N-dealkylation sites (N-methyl/N-ethyl adjacent to an activating group) is 1. The van der Waals surface area contributed by atoms with Crippen molar-refractivity contribution in [3.05, 3.63) is 60.2 Å². The standard InChI is InChI=1S/C19H24N2O3/c1-15(12-20)21(2)19(22)14-24-18-10-8-17(9-11-18)23-13-16-6-4-3-5-7-16/h3-11,15H,12-14,20H2,1-2H3. The minimum absolute atomic E-state index is 0.00476. The van der Waals surface area contributed by atoms with E-state index >= 15 is 0 Å². The molecule has 5 nitrogen and oxygen atoms in total. The maximum Gasteiger partial charge on any atom is 0.260 e. The van der Waals surface area contributed by atoms with Gasteiger partial charge in [0.25, 0.3) is 5.91 Å². The Morgan fingerprint density at radius 3 is 2.21 bits per heavy atom. The Hall–Kier alpha value is -2.53. The van der Waals surface area contributed by atoms with Gasteiger partial charge in [-0.05, 0) is 36.8 Å². The molecule has 0 bridgehead atoms. The summed E-state index contributed by atoms with van der Waals surface area (Å²) in [5, 5.41) is 0. The average molecular weight is 328 g/mol. The van der Waals surface area contributed by atoms with Crippen LogP contribution in [-0.2, 0) is 11.4 Å². The quantitative estimate of drug-likeness (QED) is 0.808. The summed E-state index contributed by atoms with van der Waals surface area (Å²) in [7, 11) is 1.73. The largest absolute Gasteiger partial charge is 0.489 e. The number of hydrogen-bond acceptors (Lipinski definition) is 4. The molecule has 128 valence electrons. The molecule has 0 fully saturated rings. The van der Waals surface area contributed by atoms with Gasteiger partial charge in [-0.2, -0.15) is 0 Å². The molecule has 0 radical (unpaired) electrons. The van der Waals surface area contributed by atoms with Crippen molar-refractivity contribution >= 4 is 5.91 Å². The van der Waals surface area contributed by atoms with Crippen LogP contribution in [0.5, 0.6) is 11.5 Å². The van der Waals surface area contributed by atoms with Crippen LogP contribution in [-0.4, -0.2) is 37.0 Å². The Kier molecular flexibility index (Phi) is 6.63.